The third-order valence-electron chi connectivity index (χ3n) is 4.83. The summed E-state index contributed by atoms with van der Waals surface area (Å²) in [6, 6.07) is 12.7. The van der Waals surface area contributed by atoms with Gasteiger partial charge >= 0.3 is 0 Å². The Morgan fingerprint density at radius 3 is 2.87 bits per heavy atom. The molecule has 0 bridgehead atoms. The van der Waals surface area contributed by atoms with E-state index in [1.165, 1.54) is 11.8 Å². The highest BCUT2D eigenvalue weighted by Gasteiger charge is 2.34. The highest BCUT2D eigenvalue weighted by molar-refractivity contribution is 8.13. The molecule has 2 aromatic rings. The van der Waals surface area contributed by atoms with Gasteiger partial charge in [-0.1, -0.05) is 49.4 Å². The van der Waals surface area contributed by atoms with Crippen LogP contribution in [0.25, 0.3) is 5.70 Å². The van der Waals surface area contributed by atoms with Crippen molar-refractivity contribution in [3.63, 3.8) is 0 Å². The fourth-order valence-corrected chi connectivity index (χ4v) is 4.32. The third kappa shape index (κ3) is 3.87. The number of nitrogens with one attached hydrogen (secondary N) is 1. The van der Waals surface area contributed by atoms with Crippen molar-refractivity contribution >= 4 is 28.5 Å². The minimum Gasteiger partial charge on any atom is -0.504 e. The number of phenolic OH excluding ortho intramolecular Hbond substituents is 1. The lowest BCUT2D eigenvalue weighted by atomic mass is 10.1. The van der Waals surface area contributed by atoms with Gasteiger partial charge in [0.1, 0.15) is 5.70 Å². The molecule has 2 aliphatic rings. The van der Waals surface area contributed by atoms with Gasteiger partial charge in [0.05, 0.1) is 12.0 Å². The fourth-order valence-electron chi connectivity index (χ4n) is 3.39. The van der Waals surface area contributed by atoms with Crippen molar-refractivity contribution in [2.75, 3.05) is 12.4 Å². The molecule has 0 spiro atoms. The third-order valence-corrected chi connectivity index (χ3v) is 5.78. The predicted octanol–water partition coefficient (Wildman–Crippen LogP) is 2.47. The van der Waals surface area contributed by atoms with Crippen LogP contribution in [0.2, 0.25) is 0 Å². The van der Waals surface area contributed by atoms with E-state index in [9.17, 15) is 9.90 Å². The second-order valence-corrected chi connectivity index (χ2v) is 8.02. The summed E-state index contributed by atoms with van der Waals surface area (Å²) in [5.74, 6) is 1.13. The zero-order chi connectivity index (χ0) is 21.1. The van der Waals surface area contributed by atoms with Crippen molar-refractivity contribution in [3.8, 4) is 11.5 Å². The lowest BCUT2D eigenvalue weighted by Crippen LogP contribution is -2.50. The molecule has 8 heteroatoms. The summed E-state index contributed by atoms with van der Waals surface area (Å²) in [7, 11) is 0. The van der Waals surface area contributed by atoms with Gasteiger partial charge in [0.2, 0.25) is 0 Å². The largest absolute Gasteiger partial charge is 0.504 e. The number of fused-ring (bicyclic) bond motifs is 2. The van der Waals surface area contributed by atoms with E-state index in [1.54, 1.807) is 23.2 Å². The molecule has 156 valence electrons. The van der Waals surface area contributed by atoms with E-state index in [0.29, 0.717) is 23.2 Å². The van der Waals surface area contributed by atoms with Gasteiger partial charge in [0.15, 0.2) is 22.8 Å². The Labute approximate surface area is 179 Å². The molecular weight excluding hydrogens is 400 g/mol. The van der Waals surface area contributed by atoms with Crippen LogP contribution < -0.4 is 20.6 Å². The van der Waals surface area contributed by atoms with E-state index in [4.69, 9.17) is 14.8 Å². The molecule has 2 heterocycles. The molecule has 1 amide bonds. The Morgan fingerprint density at radius 1 is 1.23 bits per heavy atom. The molecule has 1 atom stereocenters. The molecule has 7 nitrogen and oxygen atoms in total. The predicted molar refractivity (Wildman–Crippen MR) is 117 cm³/mol. The van der Waals surface area contributed by atoms with Gasteiger partial charge in [-0.3, -0.25) is 15.1 Å². The minimum absolute atomic E-state index is 0.0664. The van der Waals surface area contributed by atoms with Crippen molar-refractivity contribution in [1.82, 2.24) is 10.3 Å². The van der Waals surface area contributed by atoms with Crippen LogP contribution >= 0.6 is 11.8 Å². The van der Waals surface area contributed by atoms with Gasteiger partial charge in [-0.05, 0) is 31.5 Å². The number of rotatable bonds is 6. The summed E-state index contributed by atoms with van der Waals surface area (Å²) in [5, 5.41) is 21.5. The van der Waals surface area contributed by atoms with Crippen LogP contribution in [0.3, 0.4) is 0 Å². The van der Waals surface area contributed by atoms with E-state index < -0.39 is 6.17 Å². The van der Waals surface area contributed by atoms with Crippen LogP contribution in [-0.2, 0) is 4.79 Å². The van der Waals surface area contributed by atoms with Crippen LogP contribution in [0.5, 0.6) is 11.5 Å². The molecule has 0 saturated carbocycles. The van der Waals surface area contributed by atoms with E-state index in [0.717, 1.165) is 34.7 Å². The summed E-state index contributed by atoms with van der Waals surface area (Å²) in [6.45, 7) is 4.42. The second kappa shape index (κ2) is 8.79. The molecule has 0 fully saturated rings. The number of phenols is 1. The number of amides is 1. The van der Waals surface area contributed by atoms with Crippen LogP contribution in [0, 0.1) is 0 Å². The van der Waals surface area contributed by atoms with Gasteiger partial charge in [0.25, 0.3) is 5.91 Å². The van der Waals surface area contributed by atoms with Crippen LogP contribution in [0.15, 0.2) is 52.6 Å². The van der Waals surface area contributed by atoms with Crippen molar-refractivity contribution in [2.45, 2.75) is 32.9 Å². The first-order valence-electron chi connectivity index (χ1n) is 10.1. The minimum atomic E-state index is -0.539. The average Bonchev–Trinajstić information content (AvgIpc) is 2.75. The molecule has 30 heavy (non-hydrogen) atoms. The molecule has 4 rings (SSSR count). The standard InChI is InChI=1S/C22H24N4O3S/c1-3-5-12-30-22-24-21(28)19-15-8-6-7-9-16(15)23-20(26(19)25-22)14-10-11-17(27)18(13-14)29-4-2/h6-11,13,20,27H,3-5,12H2,1-2H3,(H,24,25,28). The van der Waals surface area contributed by atoms with Crippen molar-refractivity contribution < 1.29 is 14.6 Å². The number of unbranched alkanes of at least 4 members (excludes halogenated alkanes) is 1. The molecule has 2 aliphatic heterocycles. The average molecular weight is 425 g/mol. The number of amidine groups is 1. The first-order valence-corrected chi connectivity index (χ1v) is 11.1. The Morgan fingerprint density at radius 2 is 2.07 bits per heavy atom. The summed E-state index contributed by atoms with van der Waals surface area (Å²) < 4.78 is 5.55. The van der Waals surface area contributed by atoms with E-state index in [1.807, 2.05) is 31.2 Å². The summed E-state index contributed by atoms with van der Waals surface area (Å²) in [6.07, 6.45) is 1.58. The molecule has 0 saturated heterocycles. The normalized spacial score (nSPS) is 17.5. The van der Waals surface area contributed by atoms with Gasteiger partial charge < -0.3 is 9.84 Å². The topological polar surface area (TPSA) is 86.5 Å². The highest BCUT2D eigenvalue weighted by atomic mass is 32.2. The zero-order valence-corrected chi connectivity index (χ0v) is 17.8. The number of hydrazone groups is 1. The van der Waals surface area contributed by atoms with E-state index in [2.05, 4.69) is 12.2 Å². The van der Waals surface area contributed by atoms with Gasteiger partial charge in [-0.2, -0.15) is 0 Å². The maximum atomic E-state index is 13.0. The fraction of sp³-hybridized carbons (Fsp3) is 0.318. The van der Waals surface area contributed by atoms with Crippen LogP contribution in [0.1, 0.15) is 38.4 Å². The number of benzene rings is 2. The van der Waals surface area contributed by atoms with Gasteiger partial charge in [-0.25, -0.2) is 5.01 Å². The maximum Gasteiger partial charge on any atom is 0.276 e. The quantitative estimate of drug-likeness (QED) is 0.696. The monoisotopic (exact) mass is 424 g/mol. The molecule has 0 radical (unpaired) electrons. The number of hydrogen-bond donors (Lipinski definition) is 2. The number of thioether (sulfide) groups is 1. The van der Waals surface area contributed by atoms with Gasteiger partial charge in [-0.15, -0.1) is 5.10 Å². The number of hydrogen-bond acceptors (Lipinski definition) is 7. The first kappa shape index (κ1) is 20.3. The van der Waals surface area contributed by atoms with E-state index in [-0.39, 0.29) is 11.7 Å². The SMILES string of the molecule is CCCCSC1=NN2C(=c3ccccc3=NC2c2ccc(O)c(OCC)c2)C(=O)N1. The Hall–Kier alpha value is -3.00. The van der Waals surface area contributed by atoms with Crippen LogP contribution in [-0.4, -0.2) is 33.6 Å². The molecule has 0 aliphatic carbocycles. The number of carbonyl (C=O) groups excluding carboxylic acids is 1. The summed E-state index contributed by atoms with van der Waals surface area (Å²) in [4.78, 5) is 17.9. The molecular formula is C22H24N4O3S. The van der Waals surface area contributed by atoms with Crippen LogP contribution in [0.4, 0.5) is 0 Å². The number of para-hydroxylation sites is 1. The molecule has 2 aromatic carbocycles. The summed E-state index contributed by atoms with van der Waals surface area (Å²) >= 11 is 1.53. The Kier molecular flexibility index (Phi) is 5.94. The van der Waals surface area contributed by atoms with Crippen molar-refractivity contribution in [1.29, 1.82) is 0 Å². The number of nitrogens with zero attached hydrogens (tertiary/aromatic N) is 3. The summed E-state index contributed by atoms with van der Waals surface area (Å²) in [5.41, 5.74) is 1.25. The second-order valence-electron chi connectivity index (χ2n) is 6.93. The highest BCUT2D eigenvalue weighted by Crippen LogP contribution is 2.35. The number of ether oxygens (including phenoxy) is 1. The first-order chi connectivity index (χ1) is 14.6. The zero-order valence-electron chi connectivity index (χ0n) is 17.0. The number of aromatic hydroxyl groups is 1. The smallest absolute Gasteiger partial charge is 0.276 e. The van der Waals surface area contributed by atoms with Crippen molar-refractivity contribution in [3.05, 3.63) is 58.6 Å². The molecule has 0 aromatic heterocycles. The molecule has 1 unspecified atom stereocenters. The molecule has 2 N–H and O–H groups in total. The van der Waals surface area contributed by atoms with Crippen molar-refractivity contribution in [2.24, 2.45) is 10.1 Å². The van der Waals surface area contributed by atoms with E-state index >= 15 is 0 Å². The number of carbonyl (C=O) groups is 1. The Balaban J connectivity index is 1.83. The van der Waals surface area contributed by atoms with Gasteiger partial charge in [0, 0.05) is 16.5 Å². The lowest BCUT2D eigenvalue weighted by molar-refractivity contribution is -0.116. The Bertz CT molecular complexity index is 1120. The lowest BCUT2D eigenvalue weighted by Gasteiger charge is -2.34. The maximum absolute atomic E-state index is 13.0.